The van der Waals surface area contributed by atoms with Crippen molar-refractivity contribution in [2.75, 3.05) is 13.1 Å². The summed E-state index contributed by atoms with van der Waals surface area (Å²) in [6, 6.07) is 9.68. The first-order valence-electron chi connectivity index (χ1n) is 8.28. The summed E-state index contributed by atoms with van der Waals surface area (Å²) in [7, 11) is -3.55. The number of rotatable bonds is 3. The van der Waals surface area contributed by atoms with Crippen molar-refractivity contribution in [1.82, 2.24) is 19.6 Å². The molecule has 2 bridgehead atoms. The summed E-state index contributed by atoms with van der Waals surface area (Å²) in [6.45, 7) is 1.59. The van der Waals surface area contributed by atoms with Crippen LogP contribution < -0.4 is 5.32 Å². The van der Waals surface area contributed by atoms with Gasteiger partial charge in [-0.05, 0) is 25.8 Å². The minimum atomic E-state index is -3.55. The molecule has 0 amide bonds. The molecule has 0 spiro atoms. The molecule has 1 aromatic heterocycles. The normalized spacial score (nSPS) is 24.7. The van der Waals surface area contributed by atoms with Crippen LogP contribution in [0.1, 0.15) is 19.3 Å². The van der Waals surface area contributed by atoms with Crippen LogP contribution in [0.5, 0.6) is 0 Å². The van der Waals surface area contributed by atoms with Crippen molar-refractivity contribution >= 4 is 10.0 Å². The van der Waals surface area contributed by atoms with Gasteiger partial charge in [0, 0.05) is 24.2 Å². The number of nitrogens with one attached hydrogen (secondary N) is 1. The number of aromatic nitrogens is 2. The predicted octanol–water partition coefficient (Wildman–Crippen LogP) is 1.66. The quantitative estimate of drug-likeness (QED) is 0.916. The second kappa shape index (κ2) is 6.23. The third-order valence-electron chi connectivity index (χ3n) is 4.82. The summed E-state index contributed by atoms with van der Waals surface area (Å²) in [5, 5.41) is 3.33. The number of benzene rings is 1. The van der Waals surface area contributed by atoms with E-state index < -0.39 is 10.0 Å². The highest BCUT2D eigenvalue weighted by molar-refractivity contribution is 7.89. The van der Waals surface area contributed by atoms with Crippen molar-refractivity contribution in [2.45, 2.75) is 36.2 Å². The third kappa shape index (κ3) is 2.72. The molecule has 2 saturated heterocycles. The van der Waals surface area contributed by atoms with E-state index in [4.69, 9.17) is 0 Å². The topological polar surface area (TPSA) is 75.2 Å². The zero-order chi connectivity index (χ0) is 16.6. The second-order valence-electron chi connectivity index (χ2n) is 6.32. The molecule has 0 aliphatic carbocycles. The fourth-order valence-electron chi connectivity index (χ4n) is 3.64. The van der Waals surface area contributed by atoms with E-state index in [2.05, 4.69) is 15.3 Å². The molecule has 2 atom stereocenters. The Kier molecular flexibility index (Phi) is 4.07. The van der Waals surface area contributed by atoms with Crippen LogP contribution in [0.25, 0.3) is 11.4 Å². The third-order valence-corrected chi connectivity index (χ3v) is 6.78. The molecule has 0 saturated carbocycles. The Labute approximate surface area is 142 Å². The summed E-state index contributed by atoms with van der Waals surface area (Å²) >= 11 is 0. The Morgan fingerprint density at radius 2 is 1.71 bits per heavy atom. The maximum Gasteiger partial charge on any atom is 0.246 e. The number of sulfonamides is 1. The molecule has 24 heavy (non-hydrogen) atoms. The highest BCUT2D eigenvalue weighted by Crippen LogP contribution is 2.33. The lowest BCUT2D eigenvalue weighted by molar-refractivity contribution is 0.334. The summed E-state index contributed by atoms with van der Waals surface area (Å²) in [5.41, 5.74) is 0.875. The number of hydrogen-bond acceptors (Lipinski definition) is 5. The van der Waals surface area contributed by atoms with Crippen LogP contribution in [0.3, 0.4) is 0 Å². The molecule has 2 fully saturated rings. The van der Waals surface area contributed by atoms with Gasteiger partial charge in [-0.3, -0.25) is 0 Å². The van der Waals surface area contributed by atoms with E-state index in [-0.39, 0.29) is 17.0 Å². The molecule has 2 unspecified atom stereocenters. The molecule has 2 aliphatic rings. The fraction of sp³-hybridized carbons (Fsp3) is 0.412. The molecule has 2 aromatic rings. The van der Waals surface area contributed by atoms with E-state index in [1.807, 2.05) is 30.3 Å². The molecule has 6 nitrogen and oxygen atoms in total. The molecule has 3 heterocycles. The van der Waals surface area contributed by atoms with Gasteiger partial charge in [0.05, 0.1) is 12.4 Å². The first kappa shape index (κ1) is 15.7. The van der Waals surface area contributed by atoms with Gasteiger partial charge in [-0.25, -0.2) is 18.4 Å². The van der Waals surface area contributed by atoms with Crippen LogP contribution >= 0.6 is 0 Å². The van der Waals surface area contributed by atoms with Gasteiger partial charge in [0.25, 0.3) is 0 Å². The summed E-state index contributed by atoms with van der Waals surface area (Å²) in [6.07, 6.45) is 5.58. The van der Waals surface area contributed by atoms with Gasteiger partial charge in [0.15, 0.2) is 5.82 Å². The maximum atomic E-state index is 13.1. The lowest BCUT2D eigenvalue weighted by Crippen LogP contribution is -2.42. The van der Waals surface area contributed by atoms with E-state index in [1.165, 1.54) is 12.4 Å². The van der Waals surface area contributed by atoms with Crippen molar-refractivity contribution in [2.24, 2.45) is 0 Å². The molecular formula is C17H20N4O2S. The Morgan fingerprint density at radius 1 is 1.00 bits per heavy atom. The smallest absolute Gasteiger partial charge is 0.246 e. The molecule has 7 heteroatoms. The van der Waals surface area contributed by atoms with Crippen LogP contribution in [-0.2, 0) is 10.0 Å². The molecule has 2 aliphatic heterocycles. The zero-order valence-corrected chi connectivity index (χ0v) is 14.1. The van der Waals surface area contributed by atoms with Gasteiger partial charge in [-0.2, -0.15) is 4.31 Å². The van der Waals surface area contributed by atoms with Gasteiger partial charge in [0.1, 0.15) is 4.90 Å². The highest BCUT2D eigenvalue weighted by Gasteiger charge is 2.43. The van der Waals surface area contributed by atoms with Crippen molar-refractivity contribution in [1.29, 1.82) is 0 Å². The number of nitrogens with zero attached hydrogens (tertiary/aromatic N) is 3. The first-order valence-corrected chi connectivity index (χ1v) is 9.72. The van der Waals surface area contributed by atoms with E-state index >= 15 is 0 Å². The standard InChI is InChI=1S/C17H20N4O2S/c22-24(23,21-14-6-7-15(21)10-18-9-8-14)16-11-19-17(20-12-16)13-4-2-1-3-5-13/h1-5,11-12,14-15,18H,6-10H2. The average Bonchev–Trinajstić information content (AvgIpc) is 2.89. The monoisotopic (exact) mass is 344 g/mol. The summed E-state index contributed by atoms with van der Waals surface area (Å²) in [4.78, 5) is 8.72. The van der Waals surface area contributed by atoms with Crippen LogP contribution in [0.4, 0.5) is 0 Å². The minimum Gasteiger partial charge on any atom is -0.315 e. The molecule has 1 aromatic carbocycles. The molecule has 4 rings (SSSR count). The highest BCUT2D eigenvalue weighted by atomic mass is 32.2. The largest absolute Gasteiger partial charge is 0.315 e. The average molecular weight is 344 g/mol. The van der Waals surface area contributed by atoms with Gasteiger partial charge in [-0.15, -0.1) is 0 Å². The van der Waals surface area contributed by atoms with Gasteiger partial charge in [0.2, 0.25) is 10.0 Å². The number of fused-ring (bicyclic) bond motifs is 2. The predicted molar refractivity (Wildman–Crippen MR) is 90.8 cm³/mol. The lowest BCUT2D eigenvalue weighted by Gasteiger charge is -2.26. The lowest BCUT2D eigenvalue weighted by atomic mass is 10.1. The Bertz CT molecular complexity index is 794. The van der Waals surface area contributed by atoms with E-state index in [1.54, 1.807) is 4.31 Å². The Balaban J connectivity index is 1.65. The van der Waals surface area contributed by atoms with Gasteiger partial charge in [-0.1, -0.05) is 30.3 Å². The maximum absolute atomic E-state index is 13.1. The van der Waals surface area contributed by atoms with Gasteiger partial charge < -0.3 is 5.32 Å². The van der Waals surface area contributed by atoms with Gasteiger partial charge >= 0.3 is 0 Å². The molecular weight excluding hydrogens is 324 g/mol. The zero-order valence-electron chi connectivity index (χ0n) is 13.3. The Morgan fingerprint density at radius 3 is 2.46 bits per heavy atom. The summed E-state index contributed by atoms with van der Waals surface area (Å²) < 4.78 is 27.8. The summed E-state index contributed by atoms with van der Waals surface area (Å²) in [5.74, 6) is 0.537. The van der Waals surface area contributed by atoms with Crippen LogP contribution in [0.2, 0.25) is 0 Å². The van der Waals surface area contributed by atoms with E-state index in [0.29, 0.717) is 5.82 Å². The Hall–Kier alpha value is -1.83. The van der Waals surface area contributed by atoms with E-state index in [0.717, 1.165) is 37.9 Å². The van der Waals surface area contributed by atoms with Crippen molar-refractivity contribution in [3.63, 3.8) is 0 Å². The SMILES string of the molecule is O=S(=O)(c1cnc(-c2ccccc2)nc1)N1C2CCNCC1CC2. The second-order valence-corrected chi connectivity index (χ2v) is 8.16. The van der Waals surface area contributed by atoms with Crippen molar-refractivity contribution in [3.8, 4) is 11.4 Å². The van der Waals surface area contributed by atoms with Crippen LogP contribution in [0, 0.1) is 0 Å². The van der Waals surface area contributed by atoms with E-state index in [9.17, 15) is 8.42 Å². The van der Waals surface area contributed by atoms with Crippen molar-refractivity contribution in [3.05, 3.63) is 42.7 Å². The molecule has 126 valence electrons. The first-order chi connectivity index (χ1) is 11.7. The fourth-order valence-corrected chi connectivity index (χ4v) is 5.43. The van der Waals surface area contributed by atoms with Crippen LogP contribution in [-0.4, -0.2) is 47.9 Å². The molecule has 1 N–H and O–H groups in total. The minimum absolute atomic E-state index is 0.0382. The molecule has 0 radical (unpaired) electrons. The van der Waals surface area contributed by atoms with Crippen LogP contribution in [0.15, 0.2) is 47.6 Å². The van der Waals surface area contributed by atoms with Crippen molar-refractivity contribution < 1.29 is 8.42 Å². The number of hydrogen-bond donors (Lipinski definition) is 1.